The van der Waals surface area contributed by atoms with Crippen molar-refractivity contribution in [3.63, 3.8) is 0 Å². The van der Waals surface area contributed by atoms with E-state index in [1.54, 1.807) is 24.3 Å². The van der Waals surface area contributed by atoms with E-state index < -0.39 is 0 Å². The van der Waals surface area contributed by atoms with E-state index in [1.165, 1.54) is 12.8 Å². The van der Waals surface area contributed by atoms with Crippen LogP contribution in [0.15, 0.2) is 24.3 Å². The molecule has 1 saturated carbocycles. The molecule has 162 valence electrons. The van der Waals surface area contributed by atoms with Crippen LogP contribution in [0.3, 0.4) is 0 Å². The van der Waals surface area contributed by atoms with Gasteiger partial charge in [0.15, 0.2) is 0 Å². The lowest BCUT2D eigenvalue weighted by molar-refractivity contribution is -0.140. The van der Waals surface area contributed by atoms with Crippen LogP contribution in [0.1, 0.15) is 48.9 Å². The van der Waals surface area contributed by atoms with Crippen molar-refractivity contribution >= 4 is 29.3 Å². The number of likely N-dealkylation sites (tertiary alicyclic amines) is 2. The summed E-state index contributed by atoms with van der Waals surface area (Å²) in [6, 6.07) is 6.92. The number of nitrogens with zero attached hydrogens (tertiary/aromatic N) is 2. The zero-order chi connectivity index (χ0) is 21.1. The summed E-state index contributed by atoms with van der Waals surface area (Å²) >= 11 is 5.90. The lowest BCUT2D eigenvalue weighted by atomic mass is 9.91. The molecule has 7 heteroatoms. The number of piperidine rings is 2. The number of carbonyl (C=O) groups is 3. The number of hydrogen-bond donors (Lipinski definition) is 1. The maximum atomic E-state index is 13.1. The molecule has 0 unspecified atom stereocenters. The molecule has 4 rings (SSSR count). The molecule has 3 aliphatic rings. The van der Waals surface area contributed by atoms with Gasteiger partial charge in [0.2, 0.25) is 11.8 Å². The van der Waals surface area contributed by atoms with Gasteiger partial charge in [0, 0.05) is 49.2 Å². The van der Waals surface area contributed by atoms with Crippen molar-refractivity contribution in [3.05, 3.63) is 34.9 Å². The molecular formula is C23H30ClN3O3. The summed E-state index contributed by atoms with van der Waals surface area (Å²) in [5, 5.41) is 3.67. The molecule has 0 radical (unpaired) electrons. The van der Waals surface area contributed by atoms with Crippen molar-refractivity contribution in [2.24, 2.45) is 17.8 Å². The third kappa shape index (κ3) is 5.15. The summed E-state index contributed by atoms with van der Waals surface area (Å²) in [5.74, 6) is 0.746. The van der Waals surface area contributed by atoms with Gasteiger partial charge in [-0.05, 0) is 68.7 Å². The van der Waals surface area contributed by atoms with Gasteiger partial charge >= 0.3 is 0 Å². The minimum Gasteiger partial charge on any atom is -0.356 e. The van der Waals surface area contributed by atoms with Gasteiger partial charge in [-0.2, -0.15) is 0 Å². The fraction of sp³-hybridized carbons (Fsp3) is 0.609. The van der Waals surface area contributed by atoms with Crippen molar-refractivity contribution in [2.45, 2.75) is 38.5 Å². The standard InChI is InChI=1S/C23H30ClN3O3/c24-20-7-5-17(6-8-20)22(29)26-12-9-18(10-13-26)23(30)27-11-1-2-19(15-27)21(28)25-14-16-3-4-16/h5-8,16,18-19H,1-4,9-15H2,(H,25,28)/t19-/m0/s1. The second-order valence-corrected chi connectivity index (χ2v) is 9.32. The highest BCUT2D eigenvalue weighted by atomic mass is 35.5. The molecule has 0 bridgehead atoms. The van der Waals surface area contributed by atoms with Crippen LogP contribution in [0, 0.1) is 17.8 Å². The Labute approximate surface area is 182 Å². The predicted octanol–water partition coefficient (Wildman–Crippen LogP) is 2.96. The van der Waals surface area contributed by atoms with Gasteiger partial charge in [-0.3, -0.25) is 14.4 Å². The van der Waals surface area contributed by atoms with E-state index in [1.807, 2.05) is 9.80 Å². The van der Waals surface area contributed by atoms with Crippen LogP contribution in [0.4, 0.5) is 0 Å². The summed E-state index contributed by atoms with van der Waals surface area (Å²) in [6.45, 7) is 3.20. The average molecular weight is 432 g/mol. The lowest BCUT2D eigenvalue weighted by Crippen LogP contribution is -2.49. The molecule has 1 aliphatic carbocycles. The smallest absolute Gasteiger partial charge is 0.253 e. The number of nitrogens with one attached hydrogen (secondary N) is 1. The first-order valence-corrected chi connectivity index (χ1v) is 11.5. The SMILES string of the molecule is O=C(NCC1CC1)[C@H]1CCCN(C(=O)C2CCN(C(=O)c3ccc(Cl)cc3)CC2)C1. The monoisotopic (exact) mass is 431 g/mol. The Balaban J connectivity index is 1.26. The number of carbonyl (C=O) groups excluding carboxylic acids is 3. The Kier molecular flexibility index (Phi) is 6.61. The third-order valence-corrected chi connectivity index (χ3v) is 6.84. The molecule has 3 amide bonds. The highest BCUT2D eigenvalue weighted by molar-refractivity contribution is 6.30. The summed E-state index contributed by atoms with van der Waals surface area (Å²) < 4.78 is 0. The van der Waals surface area contributed by atoms with Gasteiger partial charge in [-0.15, -0.1) is 0 Å². The fourth-order valence-corrected chi connectivity index (χ4v) is 4.59. The van der Waals surface area contributed by atoms with Gasteiger partial charge in [0.1, 0.15) is 0 Å². The van der Waals surface area contributed by atoms with Crippen LogP contribution in [0.2, 0.25) is 5.02 Å². The van der Waals surface area contributed by atoms with Crippen LogP contribution >= 0.6 is 11.6 Å². The van der Waals surface area contributed by atoms with Crippen molar-refractivity contribution in [1.29, 1.82) is 0 Å². The normalized spacial score (nSPS) is 22.6. The molecule has 1 aromatic carbocycles. The number of rotatable bonds is 5. The van der Waals surface area contributed by atoms with Gasteiger partial charge in [0.05, 0.1) is 5.92 Å². The summed E-state index contributed by atoms with van der Waals surface area (Å²) in [7, 11) is 0. The minimum atomic E-state index is -0.0898. The molecule has 2 saturated heterocycles. The zero-order valence-corrected chi connectivity index (χ0v) is 18.1. The van der Waals surface area contributed by atoms with E-state index >= 15 is 0 Å². The summed E-state index contributed by atoms with van der Waals surface area (Å²) in [4.78, 5) is 41.9. The minimum absolute atomic E-state index is 0.0112. The first-order chi connectivity index (χ1) is 14.5. The second-order valence-electron chi connectivity index (χ2n) is 8.89. The number of hydrogen-bond acceptors (Lipinski definition) is 3. The van der Waals surface area contributed by atoms with E-state index in [4.69, 9.17) is 11.6 Å². The van der Waals surface area contributed by atoms with Crippen molar-refractivity contribution in [2.75, 3.05) is 32.7 Å². The van der Waals surface area contributed by atoms with E-state index in [2.05, 4.69) is 5.32 Å². The quantitative estimate of drug-likeness (QED) is 0.779. The number of amides is 3. The Morgan fingerprint density at radius 3 is 2.27 bits per heavy atom. The van der Waals surface area contributed by atoms with Crippen LogP contribution in [-0.2, 0) is 9.59 Å². The van der Waals surface area contributed by atoms with Crippen LogP contribution in [0.25, 0.3) is 0 Å². The molecule has 2 aliphatic heterocycles. The van der Waals surface area contributed by atoms with Gasteiger partial charge < -0.3 is 15.1 Å². The molecular weight excluding hydrogens is 402 g/mol. The van der Waals surface area contributed by atoms with Gasteiger partial charge in [0.25, 0.3) is 5.91 Å². The Hall–Kier alpha value is -2.08. The zero-order valence-electron chi connectivity index (χ0n) is 17.3. The fourth-order valence-electron chi connectivity index (χ4n) is 4.47. The highest BCUT2D eigenvalue weighted by Gasteiger charge is 2.34. The van der Waals surface area contributed by atoms with Gasteiger partial charge in [-0.1, -0.05) is 11.6 Å². The molecule has 3 fully saturated rings. The first kappa shape index (κ1) is 21.2. The van der Waals surface area contributed by atoms with E-state index in [-0.39, 0.29) is 29.6 Å². The molecule has 0 aromatic heterocycles. The Morgan fingerprint density at radius 1 is 0.900 bits per heavy atom. The second kappa shape index (κ2) is 9.38. The molecule has 1 N–H and O–H groups in total. The Morgan fingerprint density at radius 2 is 1.60 bits per heavy atom. The maximum Gasteiger partial charge on any atom is 0.253 e. The molecule has 6 nitrogen and oxygen atoms in total. The van der Waals surface area contributed by atoms with E-state index in [0.29, 0.717) is 49.0 Å². The Bertz CT molecular complexity index is 785. The van der Waals surface area contributed by atoms with E-state index in [9.17, 15) is 14.4 Å². The third-order valence-electron chi connectivity index (χ3n) is 6.59. The predicted molar refractivity (Wildman–Crippen MR) is 115 cm³/mol. The van der Waals surface area contributed by atoms with Crippen molar-refractivity contribution in [3.8, 4) is 0 Å². The summed E-state index contributed by atoms with van der Waals surface area (Å²) in [5.41, 5.74) is 0.625. The van der Waals surface area contributed by atoms with Gasteiger partial charge in [-0.25, -0.2) is 0 Å². The molecule has 1 atom stereocenters. The van der Waals surface area contributed by atoms with Crippen LogP contribution in [0.5, 0.6) is 0 Å². The average Bonchev–Trinajstić information content (AvgIpc) is 3.62. The lowest BCUT2D eigenvalue weighted by Gasteiger charge is -2.37. The van der Waals surface area contributed by atoms with Crippen molar-refractivity contribution < 1.29 is 14.4 Å². The largest absolute Gasteiger partial charge is 0.356 e. The number of benzene rings is 1. The maximum absolute atomic E-state index is 13.1. The van der Waals surface area contributed by atoms with Crippen molar-refractivity contribution in [1.82, 2.24) is 15.1 Å². The molecule has 1 aromatic rings. The highest BCUT2D eigenvalue weighted by Crippen LogP contribution is 2.28. The van der Waals surface area contributed by atoms with Crippen LogP contribution < -0.4 is 5.32 Å². The molecule has 0 spiro atoms. The van der Waals surface area contributed by atoms with Crippen LogP contribution in [-0.4, -0.2) is 60.2 Å². The number of halogens is 1. The van der Waals surface area contributed by atoms with E-state index in [0.717, 1.165) is 25.9 Å². The molecule has 2 heterocycles. The summed E-state index contributed by atoms with van der Waals surface area (Å²) in [6.07, 6.45) is 5.51. The molecule has 30 heavy (non-hydrogen) atoms. The topological polar surface area (TPSA) is 69.7 Å². The first-order valence-electron chi connectivity index (χ1n) is 11.1.